The quantitative estimate of drug-likeness (QED) is 0.632. The smallest absolute Gasteiger partial charge is 0.243 e. The molecule has 6 nitrogen and oxygen atoms in total. The summed E-state index contributed by atoms with van der Waals surface area (Å²) in [7, 11) is 1.67. The number of hydrogen-bond acceptors (Lipinski definition) is 5. The van der Waals surface area contributed by atoms with E-state index in [0.717, 1.165) is 0 Å². The Kier molecular flexibility index (Phi) is 6.23. The molecule has 146 valence electrons. The molecule has 0 bridgehead atoms. The molecule has 0 aliphatic heterocycles. The number of thiazole rings is 1. The average molecular weight is 421 g/mol. The van der Waals surface area contributed by atoms with Crippen LogP contribution < -0.4 is 10.6 Å². The second-order valence-corrected chi connectivity index (χ2v) is 7.68. The molecule has 1 aromatic heterocycles. The molecule has 3 rings (SSSR count). The fraction of sp³-hybridized carbons (Fsp3) is 0.211. The first-order valence-electron chi connectivity index (χ1n) is 8.45. The summed E-state index contributed by atoms with van der Waals surface area (Å²) in [6.07, 6.45) is 0. The van der Waals surface area contributed by atoms with Crippen LogP contribution in [0.5, 0.6) is 0 Å². The standard InChI is InChI=1S/C19H18ClFN4O2S/c1-11(25(2)10-17(26)22-14-6-4-3-5-13(14)20)18(27)24-19-23-15-8-7-12(21)9-16(15)28-19/h3-9,11H,10H2,1-2H3,(H,22,26)(H,23,24,27)/t11-/m1/s1. The van der Waals surface area contributed by atoms with E-state index >= 15 is 0 Å². The summed E-state index contributed by atoms with van der Waals surface area (Å²) in [6, 6.07) is 10.6. The van der Waals surface area contributed by atoms with Gasteiger partial charge in [0, 0.05) is 0 Å². The maximum absolute atomic E-state index is 13.3. The van der Waals surface area contributed by atoms with E-state index in [-0.39, 0.29) is 24.2 Å². The predicted octanol–water partition coefficient (Wildman–Crippen LogP) is 3.99. The van der Waals surface area contributed by atoms with Crippen LogP contribution in [0.2, 0.25) is 5.02 Å². The summed E-state index contributed by atoms with van der Waals surface area (Å²) in [4.78, 5) is 30.6. The van der Waals surface area contributed by atoms with Gasteiger partial charge in [0.2, 0.25) is 11.8 Å². The van der Waals surface area contributed by atoms with E-state index in [1.165, 1.54) is 23.5 Å². The second kappa shape index (κ2) is 8.64. The lowest BCUT2D eigenvalue weighted by Crippen LogP contribution is -2.43. The third kappa shape index (κ3) is 4.83. The molecule has 0 unspecified atom stereocenters. The number of halogens is 2. The van der Waals surface area contributed by atoms with Crippen molar-refractivity contribution < 1.29 is 14.0 Å². The van der Waals surface area contributed by atoms with Gasteiger partial charge in [0.25, 0.3) is 0 Å². The number of benzene rings is 2. The molecule has 1 heterocycles. The van der Waals surface area contributed by atoms with Crippen molar-refractivity contribution in [3.63, 3.8) is 0 Å². The van der Waals surface area contributed by atoms with Crippen molar-refractivity contribution in [1.82, 2.24) is 9.88 Å². The summed E-state index contributed by atoms with van der Waals surface area (Å²) < 4.78 is 13.9. The first-order valence-corrected chi connectivity index (χ1v) is 9.64. The van der Waals surface area contributed by atoms with Gasteiger partial charge in [-0.15, -0.1) is 0 Å². The van der Waals surface area contributed by atoms with E-state index in [0.29, 0.717) is 26.1 Å². The molecule has 9 heteroatoms. The number of likely N-dealkylation sites (N-methyl/N-ethyl adjacent to an activating group) is 1. The number of para-hydroxylation sites is 1. The van der Waals surface area contributed by atoms with E-state index in [1.807, 2.05) is 0 Å². The summed E-state index contributed by atoms with van der Waals surface area (Å²) in [6.45, 7) is 1.69. The third-order valence-electron chi connectivity index (χ3n) is 4.16. The zero-order valence-corrected chi connectivity index (χ0v) is 16.8. The van der Waals surface area contributed by atoms with Crippen LogP contribution >= 0.6 is 22.9 Å². The highest BCUT2D eigenvalue weighted by atomic mass is 35.5. The van der Waals surface area contributed by atoms with Gasteiger partial charge in [0.15, 0.2) is 5.13 Å². The van der Waals surface area contributed by atoms with Crippen LogP contribution in [0.25, 0.3) is 10.2 Å². The SMILES string of the molecule is C[C@H](C(=O)Nc1nc2ccc(F)cc2s1)N(C)CC(=O)Nc1ccccc1Cl. The van der Waals surface area contributed by atoms with Gasteiger partial charge in [0.1, 0.15) is 5.82 Å². The number of hydrogen-bond donors (Lipinski definition) is 2. The van der Waals surface area contributed by atoms with Gasteiger partial charge in [-0.3, -0.25) is 14.5 Å². The van der Waals surface area contributed by atoms with Gasteiger partial charge in [-0.25, -0.2) is 9.37 Å². The van der Waals surface area contributed by atoms with Crippen molar-refractivity contribution >= 4 is 55.8 Å². The molecule has 1 atom stereocenters. The first kappa shape index (κ1) is 20.2. The van der Waals surface area contributed by atoms with Crippen LogP contribution in [-0.2, 0) is 9.59 Å². The Balaban J connectivity index is 1.58. The van der Waals surface area contributed by atoms with Crippen LogP contribution in [0.15, 0.2) is 42.5 Å². The Hall–Kier alpha value is -2.55. The number of nitrogens with zero attached hydrogens (tertiary/aromatic N) is 2. The molecule has 0 saturated carbocycles. The number of aromatic nitrogens is 1. The maximum atomic E-state index is 13.3. The molecule has 0 saturated heterocycles. The van der Waals surface area contributed by atoms with Gasteiger partial charge >= 0.3 is 0 Å². The van der Waals surface area contributed by atoms with E-state index in [9.17, 15) is 14.0 Å². The van der Waals surface area contributed by atoms with Crippen LogP contribution in [0.4, 0.5) is 15.2 Å². The topological polar surface area (TPSA) is 74.3 Å². The zero-order valence-electron chi connectivity index (χ0n) is 15.2. The number of rotatable bonds is 6. The van der Waals surface area contributed by atoms with Crippen LogP contribution in [0.3, 0.4) is 0 Å². The lowest BCUT2D eigenvalue weighted by molar-refractivity contribution is -0.122. The molecule has 0 radical (unpaired) electrons. The van der Waals surface area contributed by atoms with Crippen LogP contribution in [-0.4, -0.2) is 41.3 Å². The van der Waals surface area contributed by atoms with E-state index in [4.69, 9.17) is 11.6 Å². The molecule has 2 amide bonds. The van der Waals surface area contributed by atoms with Crippen molar-refractivity contribution in [1.29, 1.82) is 0 Å². The summed E-state index contributed by atoms with van der Waals surface area (Å²) >= 11 is 7.22. The lowest BCUT2D eigenvalue weighted by Gasteiger charge is -2.22. The summed E-state index contributed by atoms with van der Waals surface area (Å²) in [5.41, 5.74) is 1.13. The minimum Gasteiger partial charge on any atom is -0.324 e. The molecule has 0 spiro atoms. The molecular formula is C19H18ClFN4O2S. The highest BCUT2D eigenvalue weighted by Crippen LogP contribution is 2.26. The monoisotopic (exact) mass is 420 g/mol. The maximum Gasteiger partial charge on any atom is 0.243 e. The van der Waals surface area contributed by atoms with Crippen molar-refractivity contribution in [2.75, 3.05) is 24.2 Å². The Morgan fingerprint density at radius 3 is 2.75 bits per heavy atom. The molecule has 3 aromatic rings. The van der Waals surface area contributed by atoms with E-state index in [2.05, 4.69) is 15.6 Å². The summed E-state index contributed by atoms with van der Waals surface area (Å²) in [5.74, 6) is -0.954. The Morgan fingerprint density at radius 2 is 2.00 bits per heavy atom. The molecule has 28 heavy (non-hydrogen) atoms. The second-order valence-electron chi connectivity index (χ2n) is 6.24. The van der Waals surface area contributed by atoms with Crippen molar-refractivity contribution in [3.05, 3.63) is 53.3 Å². The number of amides is 2. The Morgan fingerprint density at radius 1 is 1.25 bits per heavy atom. The highest BCUT2D eigenvalue weighted by molar-refractivity contribution is 7.22. The van der Waals surface area contributed by atoms with Crippen LogP contribution in [0.1, 0.15) is 6.92 Å². The van der Waals surface area contributed by atoms with Crippen molar-refractivity contribution in [2.24, 2.45) is 0 Å². The molecule has 0 aliphatic rings. The highest BCUT2D eigenvalue weighted by Gasteiger charge is 2.21. The van der Waals surface area contributed by atoms with E-state index < -0.39 is 6.04 Å². The largest absolute Gasteiger partial charge is 0.324 e. The van der Waals surface area contributed by atoms with Gasteiger partial charge in [-0.05, 0) is 44.3 Å². The third-order valence-corrected chi connectivity index (χ3v) is 5.43. The number of nitrogens with one attached hydrogen (secondary N) is 2. The van der Waals surface area contributed by atoms with Gasteiger partial charge < -0.3 is 10.6 Å². The molecule has 2 N–H and O–H groups in total. The summed E-state index contributed by atoms with van der Waals surface area (Å²) in [5, 5.41) is 6.25. The van der Waals surface area contributed by atoms with Gasteiger partial charge in [-0.2, -0.15) is 0 Å². The fourth-order valence-corrected chi connectivity index (χ4v) is 3.55. The minimum absolute atomic E-state index is 0.00483. The van der Waals surface area contributed by atoms with Gasteiger partial charge in [0.05, 0.1) is 33.5 Å². The zero-order chi connectivity index (χ0) is 20.3. The molecular weight excluding hydrogens is 403 g/mol. The van der Waals surface area contributed by atoms with Crippen molar-refractivity contribution in [3.8, 4) is 0 Å². The minimum atomic E-state index is -0.583. The first-order chi connectivity index (χ1) is 13.3. The fourth-order valence-electron chi connectivity index (χ4n) is 2.48. The normalized spacial score (nSPS) is 12.2. The number of fused-ring (bicyclic) bond motifs is 1. The molecule has 0 aliphatic carbocycles. The molecule has 0 fully saturated rings. The predicted molar refractivity (Wildman–Crippen MR) is 110 cm³/mol. The van der Waals surface area contributed by atoms with Crippen molar-refractivity contribution in [2.45, 2.75) is 13.0 Å². The number of carbonyl (C=O) groups is 2. The Bertz CT molecular complexity index is 1030. The van der Waals surface area contributed by atoms with Gasteiger partial charge in [-0.1, -0.05) is 35.1 Å². The molecule has 2 aromatic carbocycles. The Labute approximate surface area is 170 Å². The average Bonchev–Trinajstić information content (AvgIpc) is 3.04. The number of carbonyl (C=O) groups excluding carboxylic acids is 2. The van der Waals surface area contributed by atoms with E-state index in [1.54, 1.807) is 49.2 Å². The lowest BCUT2D eigenvalue weighted by atomic mass is 10.2. The van der Waals surface area contributed by atoms with Crippen LogP contribution in [0, 0.1) is 5.82 Å². The number of anilines is 2.